The van der Waals surface area contributed by atoms with Crippen molar-refractivity contribution in [3.8, 4) is 5.19 Å². The van der Waals surface area contributed by atoms with E-state index in [-0.39, 0.29) is 0 Å². The summed E-state index contributed by atoms with van der Waals surface area (Å²) < 4.78 is 5.53. The molecule has 0 unspecified atom stereocenters. The Morgan fingerprint density at radius 3 is 2.94 bits per heavy atom. The zero-order valence-electron chi connectivity index (χ0n) is 9.31. The van der Waals surface area contributed by atoms with Gasteiger partial charge in [-0.25, -0.2) is 0 Å². The van der Waals surface area contributed by atoms with Gasteiger partial charge in [-0.15, -0.1) is 5.10 Å². The number of rotatable bonds is 5. The van der Waals surface area contributed by atoms with Crippen molar-refractivity contribution in [1.29, 1.82) is 0 Å². The van der Waals surface area contributed by atoms with Gasteiger partial charge in [0.2, 0.25) is 0 Å². The van der Waals surface area contributed by atoms with E-state index in [1.165, 1.54) is 11.3 Å². The Labute approximate surface area is 109 Å². The molecular formula is C11H12ClN3OS. The van der Waals surface area contributed by atoms with Gasteiger partial charge in [0.05, 0.1) is 0 Å². The van der Waals surface area contributed by atoms with Crippen LogP contribution in [-0.2, 0) is 13.2 Å². The van der Waals surface area contributed by atoms with Crippen molar-refractivity contribution < 1.29 is 4.74 Å². The molecule has 0 radical (unpaired) electrons. The van der Waals surface area contributed by atoms with Gasteiger partial charge >= 0.3 is 0 Å². The maximum atomic E-state index is 6.02. The van der Waals surface area contributed by atoms with E-state index in [1.54, 1.807) is 0 Å². The second-order valence-corrected chi connectivity index (χ2v) is 4.80. The van der Waals surface area contributed by atoms with E-state index in [0.29, 0.717) is 23.4 Å². The Hall–Kier alpha value is -1.17. The summed E-state index contributed by atoms with van der Waals surface area (Å²) in [4.78, 5) is 0. The molecule has 0 fully saturated rings. The lowest BCUT2D eigenvalue weighted by Gasteiger charge is -2.03. The van der Waals surface area contributed by atoms with Gasteiger partial charge in [-0.05, 0) is 13.1 Å². The monoisotopic (exact) mass is 269 g/mol. The zero-order chi connectivity index (χ0) is 12.1. The minimum absolute atomic E-state index is 0.411. The zero-order valence-corrected chi connectivity index (χ0v) is 10.9. The van der Waals surface area contributed by atoms with Crippen LogP contribution in [0.2, 0.25) is 5.02 Å². The molecular weight excluding hydrogens is 258 g/mol. The Kier molecular flexibility index (Phi) is 4.30. The van der Waals surface area contributed by atoms with Crippen molar-refractivity contribution in [1.82, 2.24) is 15.5 Å². The molecule has 0 amide bonds. The summed E-state index contributed by atoms with van der Waals surface area (Å²) in [5.41, 5.74) is 0.944. The van der Waals surface area contributed by atoms with E-state index in [9.17, 15) is 0 Å². The normalized spacial score (nSPS) is 10.5. The molecule has 0 saturated heterocycles. The van der Waals surface area contributed by atoms with Crippen LogP contribution in [0.15, 0.2) is 24.3 Å². The SMILES string of the molecule is CNCc1nnc(OCc2ccccc2Cl)s1. The standard InChI is InChI=1S/C11H12ClN3OS/c1-13-6-10-14-15-11(17-10)16-7-8-4-2-3-5-9(8)12/h2-5,13H,6-7H2,1H3. The minimum atomic E-state index is 0.411. The Morgan fingerprint density at radius 2 is 2.18 bits per heavy atom. The first-order valence-electron chi connectivity index (χ1n) is 5.13. The summed E-state index contributed by atoms with van der Waals surface area (Å²) >= 11 is 7.46. The maximum absolute atomic E-state index is 6.02. The molecule has 0 aliphatic carbocycles. The summed E-state index contributed by atoms with van der Waals surface area (Å²) in [6, 6.07) is 7.59. The molecule has 0 spiro atoms. The maximum Gasteiger partial charge on any atom is 0.294 e. The Morgan fingerprint density at radius 1 is 1.35 bits per heavy atom. The molecule has 1 heterocycles. The summed E-state index contributed by atoms with van der Waals surface area (Å²) in [5.74, 6) is 0. The second kappa shape index (κ2) is 5.95. The average molecular weight is 270 g/mol. The van der Waals surface area contributed by atoms with Crippen LogP contribution >= 0.6 is 22.9 Å². The van der Waals surface area contributed by atoms with Gasteiger partial charge in [0.1, 0.15) is 11.6 Å². The number of benzene rings is 1. The third-order valence-corrected chi connectivity index (χ3v) is 3.29. The lowest BCUT2D eigenvalue weighted by molar-refractivity contribution is 0.302. The molecule has 1 aromatic heterocycles. The van der Waals surface area contributed by atoms with Crippen molar-refractivity contribution in [3.05, 3.63) is 39.9 Å². The van der Waals surface area contributed by atoms with Crippen molar-refractivity contribution in [2.75, 3.05) is 7.05 Å². The molecule has 0 aliphatic heterocycles. The van der Waals surface area contributed by atoms with Gasteiger partial charge in [0.15, 0.2) is 0 Å². The number of halogens is 1. The van der Waals surface area contributed by atoms with Crippen LogP contribution < -0.4 is 10.1 Å². The van der Waals surface area contributed by atoms with E-state index in [1.807, 2.05) is 31.3 Å². The summed E-state index contributed by atoms with van der Waals surface area (Å²) in [6.45, 7) is 1.11. The van der Waals surface area contributed by atoms with Crippen LogP contribution in [0.1, 0.15) is 10.6 Å². The minimum Gasteiger partial charge on any atom is -0.464 e. The van der Waals surface area contributed by atoms with Crippen LogP contribution in [0.4, 0.5) is 0 Å². The molecule has 1 aromatic carbocycles. The van der Waals surface area contributed by atoms with Gasteiger partial charge in [-0.1, -0.05) is 46.2 Å². The van der Waals surface area contributed by atoms with Gasteiger partial charge in [-0.3, -0.25) is 0 Å². The highest BCUT2D eigenvalue weighted by atomic mass is 35.5. The second-order valence-electron chi connectivity index (χ2n) is 3.37. The van der Waals surface area contributed by atoms with Crippen LogP contribution in [-0.4, -0.2) is 17.2 Å². The molecule has 2 rings (SSSR count). The highest BCUT2D eigenvalue weighted by Crippen LogP contribution is 2.21. The summed E-state index contributed by atoms with van der Waals surface area (Å²) in [7, 11) is 1.87. The fraction of sp³-hybridized carbons (Fsp3) is 0.273. The van der Waals surface area contributed by atoms with E-state index < -0.39 is 0 Å². The first kappa shape index (κ1) is 12.3. The number of aromatic nitrogens is 2. The van der Waals surface area contributed by atoms with Crippen LogP contribution in [0.5, 0.6) is 5.19 Å². The first-order chi connectivity index (χ1) is 8.29. The average Bonchev–Trinajstić information content (AvgIpc) is 2.76. The van der Waals surface area contributed by atoms with E-state index >= 15 is 0 Å². The number of nitrogens with one attached hydrogen (secondary N) is 1. The Balaban J connectivity index is 1.95. The number of hydrogen-bond acceptors (Lipinski definition) is 5. The quantitative estimate of drug-likeness (QED) is 0.906. The molecule has 1 N–H and O–H groups in total. The highest BCUT2D eigenvalue weighted by molar-refractivity contribution is 7.13. The third kappa shape index (κ3) is 3.39. The lowest BCUT2D eigenvalue weighted by atomic mass is 10.2. The predicted octanol–water partition coefficient (Wildman–Crippen LogP) is 2.49. The number of hydrogen-bond donors (Lipinski definition) is 1. The molecule has 0 bridgehead atoms. The first-order valence-corrected chi connectivity index (χ1v) is 6.32. The smallest absolute Gasteiger partial charge is 0.294 e. The number of ether oxygens (including phenoxy) is 1. The van der Waals surface area contributed by atoms with Crippen LogP contribution in [0.25, 0.3) is 0 Å². The molecule has 0 saturated carbocycles. The highest BCUT2D eigenvalue weighted by Gasteiger charge is 2.05. The van der Waals surface area contributed by atoms with Gasteiger partial charge in [0.25, 0.3) is 5.19 Å². The molecule has 6 heteroatoms. The summed E-state index contributed by atoms with van der Waals surface area (Å²) in [6.07, 6.45) is 0. The van der Waals surface area contributed by atoms with Crippen molar-refractivity contribution in [3.63, 3.8) is 0 Å². The van der Waals surface area contributed by atoms with Crippen molar-refractivity contribution in [2.45, 2.75) is 13.2 Å². The molecule has 2 aromatic rings. The van der Waals surface area contributed by atoms with Crippen molar-refractivity contribution in [2.24, 2.45) is 0 Å². The van der Waals surface area contributed by atoms with Crippen molar-refractivity contribution >= 4 is 22.9 Å². The van der Waals surface area contributed by atoms with E-state index in [4.69, 9.17) is 16.3 Å². The van der Waals surface area contributed by atoms with Gasteiger partial charge < -0.3 is 10.1 Å². The largest absolute Gasteiger partial charge is 0.464 e. The Bertz CT molecular complexity index is 489. The topological polar surface area (TPSA) is 47.0 Å². The molecule has 4 nitrogen and oxygen atoms in total. The number of nitrogens with zero attached hydrogens (tertiary/aromatic N) is 2. The molecule has 90 valence electrons. The van der Waals surface area contributed by atoms with Gasteiger partial charge in [-0.2, -0.15) is 0 Å². The molecule has 0 atom stereocenters. The lowest BCUT2D eigenvalue weighted by Crippen LogP contribution is -2.04. The fourth-order valence-corrected chi connectivity index (χ4v) is 2.16. The van der Waals surface area contributed by atoms with E-state index in [0.717, 1.165) is 10.6 Å². The van der Waals surface area contributed by atoms with Crippen LogP contribution in [0.3, 0.4) is 0 Å². The third-order valence-electron chi connectivity index (χ3n) is 2.09. The van der Waals surface area contributed by atoms with Gasteiger partial charge in [0, 0.05) is 17.1 Å². The van der Waals surface area contributed by atoms with Crippen LogP contribution in [0, 0.1) is 0 Å². The van der Waals surface area contributed by atoms with E-state index in [2.05, 4.69) is 15.5 Å². The molecule has 17 heavy (non-hydrogen) atoms. The summed E-state index contributed by atoms with van der Waals surface area (Å²) in [5, 5.41) is 13.1. The predicted molar refractivity (Wildman–Crippen MR) is 68.5 cm³/mol. The fourth-order valence-electron chi connectivity index (χ4n) is 1.27. The molecule has 0 aliphatic rings.